The molecule has 0 unspecified atom stereocenters. The molecule has 3 heterocycles. The molecule has 1 aromatic heterocycles. The molecule has 10 nitrogen and oxygen atoms in total. The van der Waals surface area contributed by atoms with Crippen LogP contribution in [-0.4, -0.2) is 55.7 Å². The lowest BCUT2D eigenvalue weighted by Crippen LogP contribution is -2.71. The van der Waals surface area contributed by atoms with E-state index in [4.69, 9.17) is 15.0 Å². The van der Waals surface area contributed by atoms with E-state index in [0.717, 1.165) is 51.8 Å². The van der Waals surface area contributed by atoms with Crippen molar-refractivity contribution in [3.63, 3.8) is 0 Å². The summed E-state index contributed by atoms with van der Waals surface area (Å²) in [6.07, 6.45) is 1.81. The zero-order chi connectivity index (χ0) is 44.4. The number of carbonyl (C=O) groups is 3. The van der Waals surface area contributed by atoms with E-state index in [-0.39, 0.29) is 23.0 Å². The van der Waals surface area contributed by atoms with Gasteiger partial charge in [-0.2, -0.15) is 0 Å². The Kier molecular flexibility index (Phi) is 11.4. The van der Waals surface area contributed by atoms with E-state index in [2.05, 4.69) is 47.0 Å². The molecule has 65 heavy (non-hydrogen) atoms. The molecule has 3 N–H and O–H groups in total. The van der Waals surface area contributed by atoms with Gasteiger partial charge in [0.05, 0.1) is 0 Å². The predicted octanol–water partition coefficient (Wildman–Crippen LogP) is 9.41. The van der Waals surface area contributed by atoms with Crippen LogP contribution in [0.4, 0.5) is 5.13 Å². The molecule has 322 valence electrons. The van der Waals surface area contributed by atoms with Crippen LogP contribution >= 0.6 is 23.1 Å². The maximum atomic E-state index is 15.0. The number of thioether (sulfide) groups is 1. The van der Waals surface area contributed by atoms with Crippen molar-refractivity contribution in [2.24, 2.45) is 11.1 Å². The van der Waals surface area contributed by atoms with Crippen molar-refractivity contribution in [1.82, 2.24) is 15.2 Å². The van der Waals surface area contributed by atoms with Gasteiger partial charge in [-0.15, -0.1) is 23.1 Å². The number of nitrogens with zero attached hydrogens (tertiary/aromatic N) is 3. The van der Waals surface area contributed by atoms with Crippen molar-refractivity contribution in [2.75, 3.05) is 11.1 Å². The Morgan fingerprint density at radius 1 is 0.677 bits per heavy atom. The number of hydrogen-bond donors (Lipinski definition) is 3. The van der Waals surface area contributed by atoms with Gasteiger partial charge in [0, 0.05) is 27.8 Å². The molecule has 2 atom stereocenters. The van der Waals surface area contributed by atoms with Crippen LogP contribution in [0.5, 0.6) is 0 Å². The van der Waals surface area contributed by atoms with Gasteiger partial charge >= 0.3 is 5.97 Å². The predicted molar refractivity (Wildman–Crippen MR) is 254 cm³/mol. The van der Waals surface area contributed by atoms with Crippen LogP contribution in [0.1, 0.15) is 51.9 Å². The molecular formula is C53H43N5O5S2. The molecule has 1 saturated carbocycles. The Labute approximate surface area is 384 Å². The minimum atomic E-state index is -1.34. The molecule has 7 aromatic rings. The molecule has 3 aliphatic rings. The zero-order valence-electron chi connectivity index (χ0n) is 35.0. The average Bonchev–Trinajstić information content (AvgIpc) is 4.12. The van der Waals surface area contributed by atoms with Crippen LogP contribution < -0.4 is 10.6 Å². The number of benzene rings is 6. The monoisotopic (exact) mass is 893 g/mol. The number of carbonyl (C=O) groups excluding carboxylic acids is 2. The van der Waals surface area contributed by atoms with Crippen molar-refractivity contribution < 1.29 is 24.3 Å². The van der Waals surface area contributed by atoms with Crippen molar-refractivity contribution in [3.05, 3.63) is 238 Å². The standard InChI is InChI=1S/C53H43N5O5S2/c59-47(55-45-48(60)58-46(50(61)62)42(35-31-32-35)33-64-49(45)58)44(57-63-53(39-25-13-4-14-26-39,40-27-15-5-16-28-40)41-29-17-6-18-30-41)43-34-65-51(54-43)56-52(36-19-7-1-8-20-36,37-21-9-2-10-22-37)38-23-11-3-12-24-38/h1-30,34-35,45,49H,31-33H2,(H,54,56)(H,55,59)(H,61,62)/b57-44-/t45-,49-/m1/s1. The summed E-state index contributed by atoms with van der Waals surface area (Å²) < 4.78 is 0. The maximum absolute atomic E-state index is 15.0. The number of thiazole rings is 1. The normalized spacial score (nSPS) is 17.4. The first-order valence-electron chi connectivity index (χ1n) is 21.4. The van der Waals surface area contributed by atoms with Gasteiger partial charge in [0.25, 0.3) is 11.8 Å². The first kappa shape index (κ1) is 41.7. The summed E-state index contributed by atoms with van der Waals surface area (Å²) in [6, 6.07) is 58.5. The van der Waals surface area contributed by atoms with Crippen LogP contribution in [0.3, 0.4) is 0 Å². The first-order chi connectivity index (χ1) is 31.9. The molecule has 2 aliphatic heterocycles. The van der Waals surface area contributed by atoms with Crippen molar-refractivity contribution in [2.45, 2.75) is 35.4 Å². The second kappa shape index (κ2) is 17.7. The Morgan fingerprint density at radius 2 is 1.12 bits per heavy atom. The fourth-order valence-electron chi connectivity index (χ4n) is 8.97. The Bertz CT molecular complexity index is 2700. The summed E-state index contributed by atoms with van der Waals surface area (Å²) in [7, 11) is 0. The molecule has 10 rings (SSSR count). The third-order valence-corrected chi connectivity index (χ3v) is 14.3. The number of aromatic nitrogens is 1. The third-order valence-electron chi connectivity index (χ3n) is 12.2. The smallest absolute Gasteiger partial charge is 0.352 e. The van der Waals surface area contributed by atoms with Crippen molar-refractivity contribution in [3.8, 4) is 0 Å². The number of amides is 2. The largest absolute Gasteiger partial charge is 0.477 e. The lowest BCUT2D eigenvalue weighted by Gasteiger charge is -2.49. The van der Waals surface area contributed by atoms with Gasteiger partial charge in [-0.3, -0.25) is 14.5 Å². The highest BCUT2D eigenvalue weighted by atomic mass is 32.2. The van der Waals surface area contributed by atoms with Gasteiger partial charge in [-0.1, -0.05) is 187 Å². The second-order valence-electron chi connectivity index (χ2n) is 16.1. The van der Waals surface area contributed by atoms with Gasteiger partial charge in [0.1, 0.15) is 28.3 Å². The van der Waals surface area contributed by atoms with Crippen LogP contribution in [0.25, 0.3) is 0 Å². The number of hydrogen-bond acceptors (Lipinski definition) is 9. The molecular weight excluding hydrogens is 851 g/mol. The van der Waals surface area contributed by atoms with E-state index in [1.165, 1.54) is 28.0 Å². The highest BCUT2D eigenvalue weighted by Crippen LogP contribution is 2.48. The first-order valence-corrected chi connectivity index (χ1v) is 23.4. The molecule has 0 radical (unpaired) electrons. The lowest BCUT2D eigenvalue weighted by molar-refractivity contribution is -0.150. The minimum absolute atomic E-state index is 0.0382. The number of oxime groups is 1. The summed E-state index contributed by atoms with van der Waals surface area (Å²) in [5, 5.41) is 23.4. The van der Waals surface area contributed by atoms with Gasteiger partial charge in [0.15, 0.2) is 10.8 Å². The Balaban J connectivity index is 1.08. The van der Waals surface area contributed by atoms with E-state index in [0.29, 0.717) is 10.9 Å². The second-order valence-corrected chi connectivity index (χ2v) is 18.1. The van der Waals surface area contributed by atoms with E-state index >= 15 is 0 Å². The highest BCUT2D eigenvalue weighted by Gasteiger charge is 2.56. The van der Waals surface area contributed by atoms with E-state index in [9.17, 15) is 19.5 Å². The van der Waals surface area contributed by atoms with Crippen LogP contribution in [0.2, 0.25) is 0 Å². The number of aliphatic carboxylic acids is 1. The summed E-state index contributed by atoms with van der Waals surface area (Å²) in [5.41, 5.74) is 3.84. The number of carboxylic acid groups (broad SMARTS) is 1. The molecule has 1 saturated heterocycles. The minimum Gasteiger partial charge on any atom is -0.477 e. The van der Waals surface area contributed by atoms with Gasteiger partial charge < -0.3 is 20.6 Å². The van der Waals surface area contributed by atoms with Crippen molar-refractivity contribution >= 4 is 51.7 Å². The summed E-state index contributed by atoms with van der Waals surface area (Å²) in [5.74, 6) is -1.68. The number of nitrogens with one attached hydrogen (secondary N) is 2. The molecule has 0 spiro atoms. The van der Waals surface area contributed by atoms with E-state index in [1.54, 1.807) is 5.38 Å². The quantitative estimate of drug-likeness (QED) is 0.0402. The fourth-order valence-corrected chi connectivity index (χ4v) is 11.2. The zero-order valence-corrected chi connectivity index (χ0v) is 36.6. The number of β-lactam (4-membered cyclic amide) rings is 1. The molecule has 0 bridgehead atoms. The third kappa shape index (κ3) is 7.68. The number of anilines is 1. The highest BCUT2D eigenvalue weighted by molar-refractivity contribution is 8.00. The van der Waals surface area contributed by atoms with E-state index < -0.39 is 40.3 Å². The molecule has 2 amide bonds. The lowest BCUT2D eigenvalue weighted by atomic mass is 9.77. The Morgan fingerprint density at radius 3 is 1.55 bits per heavy atom. The summed E-state index contributed by atoms with van der Waals surface area (Å²) >= 11 is 2.77. The van der Waals surface area contributed by atoms with Crippen LogP contribution in [-0.2, 0) is 30.4 Å². The average molecular weight is 894 g/mol. The van der Waals surface area contributed by atoms with Gasteiger partial charge in [0.2, 0.25) is 5.60 Å². The fraction of sp³-hybridized carbons (Fsp3) is 0.151. The number of rotatable bonds is 15. The number of fused-ring (bicyclic) bond motifs is 1. The van der Waals surface area contributed by atoms with Gasteiger partial charge in [-0.05, 0) is 41.0 Å². The summed E-state index contributed by atoms with van der Waals surface area (Å²) in [6.45, 7) is 0. The summed E-state index contributed by atoms with van der Waals surface area (Å²) in [4.78, 5) is 54.8. The van der Waals surface area contributed by atoms with Crippen LogP contribution in [0.15, 0.2) is 204 Å². The maximum Gasteiger partial charge on any atom is 0.352 e. The number of carboxylic acids is 1. The van der Waals surface area contributed by atoms with E-state index in [1.807, 2.05) is 146 Å². The topological polar surface area (TPSA) is 133 Å². The molecule has 12 heteroatoms. The molecule has 2 fully saturated rings. The molecule has 6 aromatic carbocycles. The van der Waals surface area contributed by atoms with Gasteiger partial charge in [-0.25, -0.2) is 9.78 Å². The van der Waals surface area contributed by atoms with Crippen LogP contribution in [0, 0.1) is 5.92 Å². The molecule has 1 aliphatic carbocycles. The van der Waals surface area contributed by atoms with Crippen molar-refractivity contribution in [1.29, 1.82) is 0 Å². The Hall–Kier alpha value is -7.28. The SMILES string of the molecule is O=C(O)C1=C(C2CC2)CS[C@@H]2[C@H](NC(=O)/C(=N\OC(c3ccccc3)(c3ccccc3)c3ccccc3)c3csc(NC(c4ccccc4)(c4ccccc4)c4ccccc4)n3)C(=O)N12.